The van der Waals surface area contributed by atoms with Gasteiger partial charge in [-0.15, -0.1) is 0 Å². The van der Waals surface area contributed by atoms with Crippen molar-refractivity contribution in [3.05, 3.63) is 41.7 Å². The lowest BCUT2D eigenvalue weighted by Gasteiger charge is -2.32. The Kier molecular flexibility index (Phi) is 4.29. The van der Waals surface area contributed by atoms with E-state index in [9.17, 15) is 0 Å². The summed E-state index contributed by atoms with van der Waals surface area (Å²) in [6, 6.07) is 8.36. The average Bonchev–Trinajstić information content (AvgIpc) is 3.07. The average molecular weight is 338 g/mol. The molecule has 1 aromatic carbocycles. The standard InChI is InChI=1S/C19H26N6/c1-14-20-15(2)25(22-14)12-16-7-6-10-24(11-16)13-19-21-17-8-4-5-9-18(17)23(19)3/h4-5,8-9,16H,6-7,10-13H2,1-3H3/t16-/m1/s1. The maximum Gasteiger partial charge on any atom is 0.147 e. The van der Waals surface area contributed by atoms with Crippen LogP contribution in [0, 0.1) is 19.8 Å². The minimum absolute atomic E-state index is 0.628. The lowest BCUT2D eigenvalue weighted by Crippen LogP contribution is -2.37. The van der Waals surface area contributed by atoms with Crippen molar-refractivity contribution in [3.63, 3.8) is 0 Å². The van der Waals surface area contributed by atoms with E-state index >= 15 is 0 Å². The molecule has 0 N–H and O–H groups in total. The van der Waals surface area contributed by atoms with Crippen LogP contribution in [0.4, 0.5) is 0 Å². The molecule has 0 bridgehead atoms. The monoisotopic (exact) mass is 338 g/mol. The Morgan fingerprint density at radius 1 is 1.16 bits per heavy atom. The largest absolute Gasteiger partial charge is 0.330 e. The molecule has 1 fully saturated rings. The van der Waals surface area contributed by atoms with Crippen LogP contribution < -0.4 is 0 Å². The van der Waals surface area contributed by atoms with Gasteiger partial charge < -0.3 is 4.57 Å². The Balaban J connectivity index is 1.45. The van der Waals surface area contributed by atoms with Crippen LogP contribution in [0.3, 0.4) is 0 Å². The van der Waals surface area contributed by atoms with Gasteiger partial charge in [0.15, 0.2) is 0 Å². The van der Waals surface area contributed by atoms with Crippen molar-refractivity contribution in [2.24, 2.45) is 13.0 Å². The molecule has 0 radical (unpaired) electrons. The van der Waals surface area contributed by atoms with Crippen molar-refractivity contribution >= 4 is 11.0 Å². The van der Waals surface area contributed by atoms with Crippen molar-refractivity contribution in [1.82, 2.24) is 29.2 Å². The molecule has 1 atom stereocenters. The number of aryl methyl sites for hydroxylation is 3. The maximum absolute atomic E-state index is 4.83. The van der Waals surface area contributed by atoms with E-state index in [1.807, 2.05) is 13.8 Å². The van der Waals surface area contributed by atoms with Crippen LogP contribution >= 0.6 is 0 Å². The molecular weight excluding hydrogens is 312 g/mol. The minimum Gasteiger partial charge on any atom is -0.330 e. The van der Waals surface area contributed by atoms with Crippen LogP contribution in [0.15, 0.2) is 24.3 Å². The van der Waals surface area contributed by atoms with Crippen LogP contribution in [0.1, 0.15) is 30.3 Å². The van der Waals surface area contributed by atoms with E-state index in [4.69, 9.17) is 4.98 Å². The zero-order chi connectivity index (χ0) is 17.4. The smallest absolute Gasteiger partial charge is 0.147 e. The Hall–Kier alpha value is -2.21. The van der Waals surface area contributed by atoms with Crippen LogP contribution in [0.2, 0.25) is 0 Å². The molecule has 4 rings (SSSR count). The summed E-state index contributed by atoms with van der Waals surface area (Å²) < 4.78 is 4.29. The number of likely N-dealkylation sites (tertiary alicyclic amines) is 1. The molecule has 132 valence electrons. The van der Waals surface area contributed by atoms with Gasteiger partial charge in [0, 0.05) is 20.1 Å². The summed E-state index contributed by atoms with van der Waals surface area (Å²) in [5, 5.41) is 4.53. The Morgan fingerprint density at radius 3 is 2.76 bits per heavy atom. The fourth-order valence-corrected chi connectivity index (χ4v) is 3.96. The molecule has 0 amide bonds. The Labute approximate surface area is 148 Å². The van der Waals surface area contributed by atoms with Gasteiger partial charge >= 0.3 is 0 Å². The first kappa shape index (κ1) is 16.3. The number of imidazole rings is 1. The van der Waals surface area contributed by atoms with E-state index in [0.717, 1.165) is 49.2 Å². The van der Waals surface area contributed by atoms with Crippen molar-refractivity contribution in [1.29, 1.82) is 0 Å². The fraction of sp³-hybridized carbons (Fsp3) is 0.526. The summed E-state index contributed by atoms with van der Waals surface area (Å²) in [5.41, 5.74) is 2.29. The molecule has 2 aromatic heterocycles. The third-order valence-electron chi connectivity index (χ3n) is 5.24. The fourth-order valence-electron chi connectivity index (χ4n) is 3.96. The van der Waals surface area contributed by atoms with Gasteiger partial charge in [-0.1, -0.05) is 12.1 Å². The van der Waals surface area contributed by atoms with E-state index in [2.05, 4.69) is 55.5 Å². The van der Waals surface area contributed by atoms with Gasteiger partial charge in [-0.05, 0) is 51.3 Å². The molecule has 0 saturated carbocycles. The molecule has 0 aliphatic carbocycles. The van der Waals surface area contributed by atoms with E-state index in [0.29, 0.717) is 5.92 Å². The third-order valence-corrected chi connectivity index (χ3v) is 5.24. The van der Waals surface area contributed by atoms with Crippen molar-refractivity contribution < 1.29 is 0 Å². The third kappa shape index (κ3) is 3.31. The van der Waals surface area contributed by atoms with Crippen molar-refractivity contribution in [3.8, 4) is 0 Å². The Bertz CT molecular complexity index is 877. The predicted octanol–water partition coefficient (Wildman–Crippen LogP) is 2.69. The number of piperidine rings is 1. The SMILES string of the molecule is Cc1nc(C)n(C[C@@H]2CCCN(Cc3nc4ccccc4n3C)C2)n1. The molecular formula is C19H26N6. The summed E-state index contributed by atoms with van der Waals surface area (Å²) in [5.74, 6) is 3.66. The lowest BCUT2D eigenvalue weighted by molar-refractivity contribution is 0.148. The number of aromatic nitrogens is 5. The van der Waals surface area contributed by atoms with Crippen molar-refractivity contribution in [2.75, 3.05) is 13.1 Å². The van der Waals surface area contributed by atoms with Crippen molar-refractivity contribution in [2.45, 2.75) is 39.8 Å². The summed E-state index contributed by atoms with van der Waals surface area (Å²) >= 11 is 0. The highest BCUT2D eigenvalue weighted by Gasteiger charge is 2.23. The van der Waals surface area contributed by atoms with E-state index in [1.165, 1.54) is 18.4 Å². The highest BCUT2D eigenvalue weighted by atomic mass is 15.3. The van der Waals surface area contributed by atoms with Gasteiger partial charge in [0.1, 0.15) is 17.5 Å². The minimum atomic E-state index is 0.628. The van der Waals surface area contributed by atoms with Gasteiger partial charge in [0.2, 0.25) is 0 Å². The molecule has 0 spiro atoms. The number of rotatable bonds is 4. The Morgan fingerprint density at radius 2 is 2.00 bits per heavy atom. The molecule has 0 unspecified atom stereocenters. The second-order valence-electron chi connectivity index (χ2n) is 7.21. The predicted molar refractivity (Wildman–Crippen MR) is 98.2 cm³/mol. The molecule has 3 aromatic rings. The van der Waals surface area contributed by atoms with E-state index in [1.54, 1.807) is 0 Å². The lowest BCUT2D eigenvalue weighted by atomic mass is 9.98. The van der Waals surface area contributed by atoms with Crippen LogP contribution in [0.25, 0.3) is 11.0 Å². The molecule has 6 nitrogen and oxygen atoms in total. The quantitative estimate of drug-likeness (QED) is 0.734. The normalized spacial score (nSPS) is 18.9. The highest BCUT2D eigenvalue weighted by molar-refractivity contribution is 5.75. The van der Waals surface area contributed by atoms with Gasteiger partial charge in [-0.25, -0.2) is 14.6 Å². The molecule has 1 saturated heterocycles. The molecule has 25 heavy (non-hydrogen) atoms. The van der Waals surface area contributed by atoms with E-state index < -0.39 is 0 Å². The molecule has 3 heterocycles. The zero-order valence-electron chi connectivity index (χ0n) is 15.3. The number of fused-ring (bicyclic) bond motifs is 1. The molecule has 1 aliphatic rings. The van der Waals surface area contributed by atoms with Crippen LogP contribution in [0.5, 0.6) is 0 Å². The first-order chi connectivity index (χ1) is 12.1. The molecule has 1 aliphatic heterocycles. The number of para-hydroxylation sites is 2. The number of nitrogens with zero attached hydrogens (tertiary/aromatic N) is 6. The summed E-state index contributed by atoms with van der Waals surface area (Å²) in [6.45, 7) is 8.13. The van der Waals surface area contributed by atoms with Gasteiger partial charge in [-0.2, -0.15) is 5.10 Å². The highest BCUT2D eigenvalue weighted by Crippen LogP contribution is 2.22. The second kappa shape index (κ2) is 6.59. The number of hydrogen-bond donors (Lipinski definition) is 0. The van der Waals surface area contributed by atoms with Gasteiger partial charge in [0.25, 0.3) is 0 Å². The maximum atomic E-state index is 4.83. The summed E-state index contributed by atoms with van der Waals surface area (Å²) in [7, 11) is 2.12. The van der Waals surface area contributed by atoms with Crippen LogP contribution in [-0.4, -0.2) is 42.3 Å². The summed E-state index contributed by atoms with van der Waals surface area (Å²) in [6.07, 6.45) is 2.50. The van der Waals surface area contributed by atoms with E-state index in [-0.39, 0.29) is 0 Å². The topological polar surface area (TPSA) is 51.8 Å². The zero-order valence-corrected chi connectivity index (χ0v) is 15.3. The summed E-state index contributed by atoms with van der Waals surface area (Å²) in [4.78, 5) is 11.8. The first-order valence-electron chi connectivity index (χ1n) is 9.11. The molecule has 6 heteroatoms. The van der Waals surface area contributed by atoms with Gasteiger partial charge in [-0.3, -0.25) is 4.90 Å². The van der Waals surface area contributed by atoms with Crippen LogP contribution in [-0.2, 0) is 20.1 Å². The number of benzene rings is 1. The van der Waals surface area contributed by atoms with Gasteiger partial charge in [0.05, 0.1) is 17.6 Å². The first-order valence-corrected chi connectivity index (χ1v) is 9.11. The number of hydrogen-bond acceptors (Lipinski definition) is 4. The second-order valence-corrected chi connectivity index (χ2v) is 7.21.